The number of anilines is 1. The molecule has 7 heteroatoms. The lowest BCUT2D eigenvalue weighted by Crippen LogP contribution is -2.48. The van der Waals surface area contributed by atoms with Gasteiger partial charge >= 0.3 is 0 Å². The molecule has 0 unspecified atom stereocenters. The molecule has 1 aromatic carbocycles. The van der Waals surface area contributed by atoms with Crippen molar-refractivity contribution < 1.29 is 4.79 Å². The van der Waals surface area contributed by atoms with E-state index in [0.29, 0.717) is 0 Å². The molecule has 0 aliphatic carbocycles. The first-order chi connectivity index (χ1) is 11.8. The summed E-state index contributed by atoms with van der Waals surface area (Å²) in [6.45, 7) is 6.26. The summed E-state index contributed by atoms with van der Waals surface area (Å²) >= 11 is 1.65. The van der Waals surface area contributed by atoms with Gasteiger partial charge in [-0.3, -0.25) is 9.69 Å². The Morgan fingerprint density at radius 2 is 2.00 bits per heavy atom. The number of rotatable bonds is 6. The van der Waals surface area contributed by atoms with E-state index < -0.39 is 0 Å². The van der Waals surface area contributed by atoms with Crippen LogP contribution in [0.1, 0.15) is 23.0 Å². The van der Waals surface area contributed by atoms with E-state index in [1.54, 1.807) is 18.3 Å². The Morgan fingerprint density at radius 3 is 2.62 bits per heavy atom. The largest absolute Gasteiger partial charge is 0.347 e. The van der Waals surface area contributed by atoms with Gasteiger partial charge in [-0.15, -0.1) is 0 Å². The molecule has 1 amide bonds. The van der Waals surface area contributed by atoms with Crippen molar-refractivity contribution in [1.82, 2.24) is 19.8 Å². The van der Waals surface area contributed by atoms with E-state index in [4.69, 9.17) is 0 Å². The SMILES string of the molecule is CCSNc1ccc(C(=O)N2CCN(Cc3cnc[nH]3)CC2)cc1. The number of hydrogen-bond acceptors (Lipinski definition) is 5. The Bertz CT molecular complexity index is 636. The second-order valence-corrected chi connectivity index (χ2v) is 6.83. The highest BCUT2D eigenvalue weighted by Gasteiger charge is 2.22. The quantitative estimate of drug-likeness (QED) is 0.788. The normalized spacial score (nSPS) is 15.5. The number of benzene rings is 1. The van der Waals surface area contributed by atoms with Crippen LogP contribution in [0, 0.1) is 0 Å². The number of piperazine rings is 1. The molecule has 0 atom stereocenters. The van der Waals surface area contributed by atoms with Gasteiger partial charge in [0.05, 0.1) is 6.33 Å². The molecule has 128 valence electrons. The molecule has 6 nitrogen and oxygen atoms in total. The van der Waals surface area contributed by atoms with Gasteiger partial charge in [0.2, 0.25) is 0 Å². The number of nitrogens with one attached hydrogen (secondary N) is 2. The van der Waals surface area contributed by atoms with Gasteiger partial charge in [0.25, 0.3) is 5.91 Å². The molecule has 0 bridgehead atoms. The minimum absolute atomic E-state index is 0.117. The van der Waals surface area contributed by atoms with Gasteiger partial charge in [0.15, 0.2) is 0 Å². The maximum Gasteiger partial charge on any atom is 0.253 e. The molecule has 2 N–H and O–H groups in total. The number of carbonyl (C=O) groups excluding carboxylic acids is 1. The van der Waals surface area contributed by atoms with Crippen molar-refractivity contribution >= 4 is 23.5 Å². The lowest BCUT2D eigenvalue weighted by molar-refractivity contribution is 0.0627. The van der Waals surface area contributed by atoms with Crippen molar-refractivity contribution in [1.29, 1.82) is 0 Å². The molecule has 1 aliphatic rings. The van der Waals surface area contributed by atoms with Gasteiger partial charge in [-0.25, -0.2) is 4.98 Å². The van der Waals surface area contributed by atoms with Gasteiger partial charge in [-0.2, -0.15) is 0 Å². The number of nitrogens with zero attached hydrogens (tertiary/aromatic N) is 3. The molecule has 1 aromatic heterocycles. The van der Waals surface area contributed by atoms with Gasteiger partial charge in [-0.1, -0.05) is 18.9 Å². The van der Waals surface area contributed by atoms with Gasteiger partial charge < -0.3 is 14.6 Å². The third-order valence-corrected chi connectivity index (χ3v) is 4.74. The molecule has 24 heavy (non-hydrogen) atoms. The van der Waals surface area contributed by atoms with Crippen molar-refractivity contribution in [2.45, 2.75) is 13.5 Å². The number of aromatic amines is 1. The molecule has 3 rings (SSSR count). The Kier molecular flexibility index (Phi) is 5.77. The standard InChI is InChI=1S/C17H23N5OS/c1-2-24-20-15-5-3-14(4-6-15)17(23)22-9-7-21(8-10-22)12-16-11-18-13-19-16/h3-6,11,13,20H,2,7-10,12H2,1H3,(H,18,19). The topological polar surface area (TPSA) is 64.3 Å². The zero-order valence-electron chi connectivity index (χ0n) is 13.9. The predicted octanol–water partition coefficient (Wildman–Crippen LogP) is 2.45. The fourth-order valence-corrected chi connectivity index (χ4v) is 3.19. The molecular formula is C17H23N5OS. The number of hydrogen-bond donors (Lipinski definition) is 2. The summed E-state index contributed by atoms with van der Waals surface area (Å²) in [4.78, 5) is 24.1. The summed E-state index contributed by atoms with van der Waals surface area (Å²) in [5, 5.41) is 0. The summed E-state index contributed by atoms with van der Waals surface area (Å²) in [6, 6.07) is 7.73. The molecule has 2 aromatic rings. The molecular weight excluding hydrogens is 322 g/mol. The van der Waals surface area contributed by atoms with E-state index in [1.165, 1.54) is 0 Å². The number of imidazole rings is 1. The summed E-state index contributed by atoms with van der Waals surface area (Å²) in [6.07, 6.45) is 3.55. The second kappa shape index (κ2) is 8.21. The molecule has 1 fully saturated rings. The third kappa shape index (κ3) is 4.30. The highest BCUT2D eigenvalue weighted by atomic mass is 32.2. The molecule has 2 heterocycles. The summed E-state index contributed by atoms with van der Waals surface area (Å²) in [5.74, 6) is 1.12. The van der Waals surface area contributed by atoms with E-state index in [-0.39, 0.29) is 5.91 Å². The van der Waals surface area contributed by atoms with Crippen LogP contribution in [-0.2, 0) is 6.54 Å². The Hall–Kier alpha value is -1.99. The Labute approximate surface area is 146 Å². The van der Waals surface area contributed by atoms with Crippen molar-refractivity contribution in [3.8, 4) is 0 Å². The first-order valence-electron chi connectivity index (χ1n) is 8.23. The van der Waals surface area contributed by atoms with E-state index in [9.17, 15) is 4.79 Å². The first-order valence-corrected chi connectivity index (χ1v) is 9.21. The van der Waals surface area contributed by atoms with E-state index in [1.807, 2.05) is 35.4 Å². The second-order valence-electron chi connectivity index (χ2n) is 5.76. The van der Waals surface area contributed by atoms with Crippen molar-refractivity contribution in [2.75, 3.05) is 36.7 Å². The van der Waals surface area contributed by atoms with Gasteiger partial charge in [0, 0.05) is 61.6 Å². The van der Waals surface area contributed by atoms with E-state index in [2.05, 4.69) is 26.5 Å². The van der Waals surface area contributed by atoms with Crippen LogP contribution in [0.5, 0.6) is 0 Å². The van der Waals surface area contributed by atoms with Crippen molar-refractivity contribution in [2.24, 2.45) is 0 Å². The van der Waals surface area contributed by atoms with Crippen LogP contribution in [0.2, 0.25) is 0 Å². The molecule has 1 saturated heterocycles. The van der Waals surface area contributed by atoms with Gasteiger partial charge in [-0.05, 0) is 24.3 Å². The summed E-state index contributed by atoms with van der Waals surface area (Å²) in [5.41, 5.74) is 2.90. The number of amides is 1. The zero-order valence-corrected chi connectivity index (χ0v) is 14.7. The average Bonchev–Trinajstić information content (AvgIpc) is 3.13. The van der Waals surface area contributed by atoms with Crippen LogP contribution in [0.25, 0.3) is 0 Å². The fourth-order valence-electron chi connectivity index (χ4n) is 2.74. The highest BCUT2D eigenvalue weighted by Crippen LogP contribution is 2.16. The monoisotopic (exact) mass is 345 g/mol. The average molecular weight is 345 g/mol. The maximum absolute atomic E-state index is 12.6. The number of H-pyrrole nitrogens is 1. The summed E-state index contributed by atoms with van der Waals surface area (Å²) in [7, 11) is 0. The van der Waals surface area contributed by atoms with Crippen LogP contribution >= 0.6 is 11.9 Å². The lowest BCUT2D eigenvalue weighted by Gasteiger charge is -2.34. The first kappa shape index (κ1) is 16.9. The number of carbonyl (C=O) groups is 1. The lowest BCUT2D eigenvalue weighted by atomic mass is 10.1. The van der Waals surface area contributed by atoms with E-state index in [0.717, 1.165) is 55.4 Å². The van der Waals surface area contributed by atoms with Crippen LogP contribution in [0.4, 0.5) is 5.69 Å². The minimum atomic E-state index is 0.117. The third-order valence-electron chi connectivity index (χ3n) is 4.07. The molecule has 0 saturated carbocycles. The Balaban J connectivity index is 1.51. The zero-order chi connectivity index (χ0) is 16.8. The molecule has 1 aliphatic heterocycles. The van der Waals surface area contributed by atoms with Crippen LogP contribution < -0.4 is 4.72 Å². The van der Waals surface area contributed by atoms with Crippen molar-refractivity contribution in [3.63, 3.8) is 0 Å². The smallest absolute Gasteiger partial charge is 0.253 e. The minimum Gasteiger partial charge on any atom is -0.347 e. The van der Waals surface area contributed by atoms with Crippen LogP contribution in [0.15, 0.2) is 36.8 Å². The molecule has 0 spiro atoms. The van der Waals surface area contributed by atoms with E-state index >= 15 is 0 Å². The Morgan fingerprint density at radius 1 is 1.25 bits per heavy atom. The van der Waals surface area contributed by atoms with Crippen LogP contribution in [0.3, 0.4) is 0 Å². The van der Waals surface area contributed by atoms with Crippen LogP contribution in [-0.4, -0.2) is 57.6 Å². The maximum atomic E-state index is 12.6. The summed E-state index contributed by atoms with van der Waals surface area (Å²) < 4.78 is 3.24. The number of aromatic nitrogens is 2. The fraction of sp³-hybridized carbons (Fsp3) is 0.412. The van der Waals surface area contributed by atoms with Gasteiger partial charge in [0.1, 0.15) is 0 Å². The highest BCUT2D eigenvalue weighted by molar-refractivity contribution is 8.00. The predicted molar refractivity (Wildman–Crippen MR) is 98.0 cm³/mol. The van der Waals surface area contributed by atoms with Crippen molar-refractivity contribution in [3.05, 3.63) is 48.0 Å². The molecule has 0 radical (unpaired) electrons.